The summed E-state index contributed by atoms with van der Waals surface area (Å²) < 4.78 is 0. The van der Waals surface area contributed by atoms with Crippen LogP contribution in [0, 0.1) is 0 Å². The normalized spacial score (nSPS) is 15.6. The summed E-state index contributed by atoms with van der Waals surface area (Å²) in [5, 5.41) is 6.40. The third kappa shape index (κ3) is 4.63. The molecule has 6 heteroatoms. The Morgan fingerprint density at radius 3 is 2.67 bits per heavy atom. The highest BCUT2D eigenvalue weighted by atomic mass is 35.5. The molecule has 0 spiro atoms. The second-order valence-electron chi connectivity index (χ2n) is 5.12. The minimum atomic E-state index is -0.127. The molecule has 2 N–H and O–H groups in total. The van der Waals surface area contributed by atoms with Crippen LogP contribution < -0.4 is 10.6 Å². The minimum Gasteiger partial charge on any atom is -0.353 e. The molecule has 1 heterocycles. The van der Waals surface area contributed by atoms with Crippen LogP contribution in [0.5, 0.6) is 0 Å². The number of benzene rings is 1. The molecule has 3 amide bonds. The first-order chi connectivity index (χ1) is 10.1. The van der Waals surface area contributed by atoms with Crippen molar-refractivity contribution in [3.05, 3.63) is 29.3 Å². The van der Waals surface area contributed by atoms with Gasteiger partial charge in [0.1, 0.15) is 0 Å². The lowest BCUT2D eigenvalue weighted by molar-refractivity contribution is -0.121. The van der Waals surface area contributed by atoms with E-state index < -0.39 is 0 Å². The molecule has 21 heavy (non-hydrogen) atoms. The highest BCUT2D eigenvalue weighted by Gasteiger charge is 2.23. The molecule has 5 nitrogen and oxygen atoms in total. The fourth-order valence-electron chi connectivity index (χ4n) is 2.33. The van der Waals surface area contributed by atoms with Gasteiger partial charge in [-0.2, -0.15) is 0 Å². The standard InChI is InChI=1S/C15H20ClN3O2/c1-2-14(20)17-12-6-8-19(9-7-12)15(21)18-13-5-3-4-11(16)10-13/h3-5,10,12H,2,6-9H2,1H3,(H,17,20)(H,18,21). The molecule has 1 fully saturated rings. The average molecular weight is 310 g/mol. The number of piperidine rings is 1. The van der Waals surface area contributed by atoms with E-state index in [1.165, 1.54) is 0 Å². The van der Waals surface area contributed by atoms with E-state index in [-0.39, 0.29) is 18.0 Å². The SMILES string of the molecule is CCC(=O)NC1CCN(C(=O)Nc2cccc(Cl)c2)CC1. The highest BCUT2D eigenvalue weighted by molar-refractivity contribution is 6.30. The molecule has 0 aliphatic carbocycles. The predicted molar refractivity (Wildman–Crippen MR) is 83.5 cm³/mol. The van der Waals surface area contributed by atoms with Crippen LogP contribution in [0.3, 0.4) is 0 Å². The zero-order valence-electron chi connectivity index (χ0n) is 12.1. The van der Waals surface area contributed by atoms with Gasteiger partial charge in [-0.05, 0) is 31.0 Å². The lowest BCUT2D eigenvalue weighted by Gasteiger charge is -2.32. The van der Waals surface area contributed by atoms with Crippen LogP contribution >= 0.6 is 11.6 Å². The van der Waals surface area contributed by atoms with Gasteiger partial charge in [-0.3, -0.25) is 4.79 Å². The first-order valence-corrected chi connectivity index (χ1v) is 7.57. The minimum absolute atomic E-state index is 0.0665. The summed E-state index contributed by atoms with van der Waals surface area (Å²) in [5.74, 6) is 0.0665. The lowest BCUT2D eigenvalue weighted by Crippen LogP contribution is -2.47. The van der Waals surface area contributed by atoms with Crippen LogP contribution in [0.1, 0.15) is 26.2 Å². The Kier molecular flexibility index (Phi) is 5.44. The third-order valence-corrected chi connectivity index (χ3v) is 3.78. The summed E-state index contributed by atoms with van der Waals surface area (Å²) in [4.78, 5) is 25.3. The van der Waals surface area contributed by atoms with Gasteiger partial charge in [0.2, 0.25) is 5.91 Å². The molecule has 0 bridgehead atoms. The molecule has 1 aromatic carbocycles. The van der Waals surface area contributed by atoms with Crippen LogP contribution in [-0.2, 0) is 4.79 Å². The van der Waals surface area contributed by atoms with Gasteiger partial charge in [0.25, 0.3) is 0 Å². The van der Waals surface area contributed by atoms with E-state index in [9.17, 15) is 9.59 Å². The Bertz CT molecular complexity index is 513. The Balaban J connectivity index is 1.82. The van der Waals surface area contributed by atoms with Crippen molar-refractivity contribution in [3.8, 4) is 0 Å². The molecule has 2 rings (SSSR count). The summed E-state index contributed by atoms with van der Waals surface area (Å²) in [6.45, 7) is 3.12. The van der Waals surface area contributed by atoms with Crippen molar-refractivity contribution in [1.82, 2.24) is 10.2 Å². The second kappa shape index (κ2) is 7.31. The fraction of sp³-hybridized carbons (Fsp3) is 0.467. The number of likely N-dealkylation sites (tertiary alicyclic amines) is 1. The molecule has 0 atom stereocenters. The first kappa shape index (κ1) is 15.6. The molecule has 1 aromatic rings. The molecular weight excluding hydrogens is 290 g/mol. The number of hydrogen-bond acceptors (Lipinski definition) is 2. The van der Waals surface area contributed by atoms with E-state index in [1.807, 2.05) is 6.92 Å². The molecule has 0 saturated carbocycles. The van der Waals surface area contributed by atoms with Crippen LogP contribution in [-0.4, -0.2) is 36.0 Å². The van der Waals surface area contributed by atoms with Crippen molar-refractivity contribution < 1.29 is 9.59 Å². The van der Waals surface area contributed by atoms with Crippen molar-refractivity contribution in [3.63, 3.8) is 0 Å². The molecule has 0 aromatic heterocycles. The molecule has 1 aliphatic heterocycles. The quantitative estimate of drug-likeness (QED) is 0.902. The van der Waals surface area contributed by atoms with E-state index in [0.29, 0.717) is 30.2 Å². The maximum Gasteiger partial charge on any atom is 0.321 e. The Labute approximate surface area is 129 Å². The van der Waals surface area contributed by atoms with Gasteiger partial charge in [0.15, 0.2) is 0 Å². The van der Waals surface area contributed by atoms with E-state index in [2.05, 4.69) is 10.6 Å². The summed E-state index contributed by atoms with van der Waals surface area (Å²) in [5.41, 5.74) is 0.689. The summed E-state index contributed by atoms with van der Waals surface area (Å²) in [6, 6.07) is 7.13. The number of amides is 3. The van der Waals surface area contributed by atoms with Gasteiger partial charge in [-0.1, -0.05) is 24.6 Å². The number of anilines is 1. The average Bonchev–Trinajstić information content (AvgIpc) is 2.47. The number of urea groups is 1. The number of hydrogen-bond donors (Lipinski definition) is 2. The highest BCUT2D eigenvalue weighted by Crippen LogP contribution is 2.17. The van der Waals surface area contributed by atoms with E-state index >= 15 is 0 Å². The van der Waals surface area contributed by atoms with E-state index in [4.69, 9.17) is 11.6 Å². The van der Waals surface area contributed by atoms with Gasteiger partial charge >= 0.3 is 6.03 Å². The zero-order valence-corrected chi connectivity index (χ0v) is 12.8. The maximum atomic E-state index is 12.1. The summed E-state index contributed by atoms with van der Waals surface area (Å²) in [7, 11) is 0. The van der Waals surface area contributed by atoms with E-state index in [1.54, 1.807) is 29.2 Å². The van der Waals surface area contributed by atoms with Gasteiger partial charge in [-0.15, -0.1) is 0 Å². The van der Waals surface area contributed by atoms with Gasteiger partial charge in [0, 0.05) is 36.3 Å². The van der Waals surface area contributed by atoms with Gasteiger partial charge in [-0.25, -0.2) is 4.79 Å². The second-order valence-corrected chi connectivity index (χ2v) is 5.56. The van der Waals surface area contributed by atoms with Crippen molar-refractivity contribution >= 4 is 29.2 Å². The summed E-state index contributed by atoms with van der Waals surface area (Å²) in [6.07, 6.45) is 2.07. The van der Waals surface area contributed by atoms with E-state index in [0.717, 1.165) is 12.8 Å². The third-order valence-electron chi connectivity index (χ3n) is 3.54. The Hall–Kier alpha value is -1.75. The number of halogens is 1. The number of carbonyl (C=O) groups is 2. The van der Waals surface area contributed by atoms with Crippen molar-refractivity contribution in [2.24, 2.45) is 0 Å². The first-order valence-electron chi connectivity index (χ1n) is 7.19. The predicted octanol–water partition coefficient (Wildman–Crippen LogP) is 2.86. The monoisotopic (exact) mass is 309 g/mol. The number of carbonyl (C=O) groups excluding carboxylic acids is 2. The molecule has 1 saturated heterocycles. The van der Waals surface area contributed by atoms with Gasteiger partial charge in [0.05, 0.1) is 0 Å². The Morgan fingerprint density at radius 2 is 2.05 bits per heavy atom. The zero-order chi connectivity index (χ0) is 15.2. The fourth-order valence-corrected chi connectivity index (χ4v) is 2.52. The lowest BCUT2D eigenvalue weighted by atomic mass is 10.1. The van der Waals surface area contributed by atoms with Crippen LogP contribution in [0.25, 0.3) is 0 Å². The molecule has 114 valence electrons. The largest absolute Gasteiger partial charge is 0.353 e. The van der Waals surface area contributed by atoms with Crippen molar-refractivity contribution in [2.75, 3.05) is 18.4 Å². The van der Waals surface area contributed by atoms with Gasteiger partial charge < -0.3 is 15.5 Å². The molecule has 0 unspecified atom stereocenters. The topological polar surface area (TPSA) is 61.4 Å². The molecule has 0 radical (unpaired) electrons. The Morgan fingerprint density at radius 1 is 1.33 bits per heavy atom. The maximum absolute atomic E-state index is 12.1. The number of nitrogens with zero attached hydrogens (tertiary/aromatic N) is 1. The smallest absolute Gasteiger partial charge is 0.321 e. The summed E-state index contributed by atoms with van der Waals surface area (Å²) >= 11 is 5.89. The van der Waals surface area contributed by atoms with Crippen LogP contribution in [0.2, 0.25) is 5.02 Å². The van der Waals surface area contributed by atoms with Crippen LogP contribution in [0.4, 0.5) is 10.5 Å². The van der Waals surface area contributed by atoms with Crippen molar-refractivity contribution in [2.45, 2.75) is 32.2 Å². The number of rotatable bonds is 3. The molecular formula is C15H20ClN3O2. The number of nitrogens with one attached hydrogen (secondary N) is 2. The molecule has 1 aliphatic rings. The van der Waals surface area contributed by atoms with Crippen molar-refractivity contribution in [1.29, 1.82) is 0 Å². The van der Waals surface area contributed by atoms with Crippen LogP contribution in [0.15, 0.2) is 24.3 Å².